The molecule has 0 spiro atoms. The number of thiol groups is 1. The Morgan fingerprint density at radius 2 is 2.31 bits per heavy atom. The minimum Gasteiger partial charge on any atom is -0.505 e. The number of hydrogen-bond acceptors (Lipinski definition) is 5. The Labute approximate surface area is 98.9 Å². The lowest BCUT2D eigenvalue weighted by Gasteiger charge is -2.07. The number of carbonyl (C=O) groups is 1. The summed E-state index contributed by atoms with van der Waals surface area (Å²) in [7, 11) is 0. The van der Waals surface area contributed by atoms with Crippen LogP contribution in [0.25, 0.3) is 0 Å². The molecule has 0 radical (unpaired) electrons. The second kappa shape index (κ2) is 5.42. The summed E-state index contributed by atoms with van der Waals surface area (Å²) in [6, 6.07) is 4.96. The molecule has 5 heteroatoms. The molecule has 0 aliphatic heterocycles. The van der Waals surface area contributed by atoms with E-state index in [1.807, 2.05) is 6.07 Å². The summed E-state index contributed by atoms with van der Waals surface area (Å²) in [4.78, 5) is 11.6. The molecular formula is C11H11NO3S. The zero-order chi connectivity index (χ0) is 12.1. The van der Waals surface area contributed by atoms with Crippen molar-refractivity contribution in [3.05, 3.63) is 23.3 Å². The third-order valence-corrected chi connectivity index (χ3v) is 2.36. The zero-order valence-electron chi connectivity index (χ0n) is 8.73. The number of carbonyl (C=O) groups excluding carboxylic acids is 1. The second-order valence-electron chi connectivity index (χ2n) is 3.06. The molecular weight excluding hydrogens is 226 g/mol. The first-order chi connectivity index (χ1) is 7.60. The molecule has 0 aliphatic rings. The number of aromatic hydroxyl groups is 1. The van der Waals surface area contributed by atoms with Crippen molar-refractivity contribution in [1.29, 1.82) is 5.26 Å². The molecule has 0 aliphatic carbocycles. The monoisotopic (exact) mass is 237 g/mol. The van der Waals surface area contributed by atoms with Crippen LogP contribution in [-0.4, -0.2) is 17.7 Å². The van der Waals surface area contributed by atoms with Crippen LogP contribution < -0.4 is 0 Å². The van der Waals surface area contributed by atoms with Gasteiger partial charge >= 0.3 is 5.97 Å². The van der Waals surface area contributed by atoms with Crippen LogP contribution in [0.2, 0.25) is 0 Å². The standard InChI is InChI=1S/C11H11NO3S/c1-2-15-10(13)5-7-3-4-9(16)11(14)8(7)6-12/h3-4,14,16H,2,5H2,1H3. The summed E-state index contributed by atoms with van der Waals surface area (Å²) in [6.07, 6.45) is -0.0294. The minimum absolute atomic E-state index is 0.0294. The van der Waals surface area contributed by atoms with Gasteiger partial charge in [-0.1, -0.05) is 6.07 Å². The van der Waals surface area contributed by atoms with Crippen LogP contribution in [0.15, 0.2) is 17.0 Å². The molecule has 0 heterocycles. The summed E-state index contributed by atoms with van der Waals surface area (Å²) < 4.78 is 4.77. The molecule has 0 saturated heterocycles. The highest BCUT2D eigenvalue weighted by molar-refractivity contribution is 7.80. The van der Waals surface area contributed by atoms with Gasteiger partial charge in [0.15, 0.2) is 0 Å². The van der Waals surface area contributed by atoms with Gasteiger partial charge in [0.25, 0.3) is 0 Å². The van der Waals surface area contributed by atoms with Crippen LogP contribution in [0.4, 0.5) is 0 Å². The van der Waals surface area contributed by atoms with E-state index in [9.17, 15) is 9.90 Å². The maximum atomic E-state index is 11.2. The van der Waals surface area contributed by atoms with E-state index in [2.05, 4.69) is 12.6 Å². The van der Waals surface area contributed by atoms with E-state index in [4.69, 9.17) is 10.00 Å². The normalized spacial score (nSPS) is 9.56. The van der Waals surface area contributed by atoms with Crippen LogP contribution in [0, 0.1) is 11.3 Å². The van der Waals surface area contributed by atoms with Gasteiger partial charge in [0.1, 0.15) is 11.8 Å². The van der Waals surface area contributed by atoms with Crippen molar-refractivity contribution in [2.45, 2.75) is 18.2 Å². The van der Waals surface area contributed by atoms with Gasteiger partial charge in [-0.05, 0) is 18.6 Å². The van der Waals surface area contributed by atoms with Gasteiger partial charge in [-0.15, -0.1) is 12.6 Å². The van der Waals surface area contributed by atoms with E-state index in [1.54, 1.807) is 13.0 Å². The van der Waals surface area contributed by atoms with Crippen molar-refractivity contribution < 1.29 is 14.6 Å². The molecule has 4 nitrogen and oxygen atoms in total. The van der Waals surface area contributed by atoms with Crippen molar-refractivity contribution in [2.24, 2.45) is 0 Å². The van der Waals surface area contributed by atoms with E-state index >= 15 is 0 Å². The Hall–Kier alpha value is -1.67. The van der Waals surface area contributed by atoms with Crippen LogP contribution in [-0.2, 0) is 16.0 Å². The fourth-order valence-corrected chi connectivity index (χ4v) is 1.45. The first kappa shape index (κ1) is 12.4. The van der Waals surface area contributed by atoms with E-state index in [1.165, 1.54) is 6.07 Å². The lowest BCUT2D eigenvalue weighted by molar-refractivity contribution is -0.142. The van der Waals surface area contributed by atoms with E-state index < -0.39 is 5.97 Å². The number of phenols is 1. The highest BCUT2D eigenvalue weighted by atomic mass is 32.1. The number of esters is 1. The number of hydrogen-bond donors (Lipinski definition) is 2. The summed E-state index contributed by atoms with van der Waals surface area (Å²) in [5.74, 6) is -0.627. The van der Waals surface area contributed by atoms with Gasteiger partial charge in [-0.2, -0.15) is 5.26 Å². The van der Waals surface area contributed by atoms with Gasteiger partial charge in [-0.3, -0.25) is 4.79 Å². The van der Waals surface area contributed by atoms with Crippen molar-refractivity contribution in [2.75, 3.05) is 6.61 Å². The topological polar surface area (TPSA) is 70.3 Å². The predicted octanol–water partition coefficient (Wildman–Crippen LogP) is 1.66. The van der Waals surface area contributed by atoms with Crippen molar-refractivity contribution in [1.82, 2.24) is 0 Å². The quantitative estimate of drug-likeness (QED) is 0.619. The first-order valence-corrected chi connectivity index (χ1v) is 5.14. The number of benzene rings is 1. The fourth-order valence-electron chi connectivity index (χ4n) is 1.26. The summed E-state index contributed by atoms with van der Waals surface area (Å²) >= 11 is 3.98. The smallest absolute Gasteiger partial charge is 0.310 e. The molecule has 84 valence electrons. The van der Waals surface area contributed by atoms with Crippen LogP contribution in [0.1, 0.15) is 18.1 Å². The molecule has 0 saturated carbocycles. The van der Waals surface area contributed by atoms with Gasteiger partial charge in [0.05, 0.1) is 18.6 Å². The highest BCUT2D eigenvalue weighted by Gasteiger charge is 2.13. The predicted molar refractivity (Wildman–Crippen MR) is 60.4 cm³/mol. The maximum absolute atomic E-state index is 11.2. The molecule has 0 amide bonds. The molecule has 1 rings (SSSR count). The third kappa shape index (κ3) is 2.67. The Kier molecular flexibility index (Phi) is 4.20. The molecule has 1 aromatic rings. The summed E-state index contributed by atoms with van der Waals surface area (Å²) in [6.45, 7) is 1.99. The van der Waals surface area contributed by atoms with E-state index in [-0.39, 0.29) is 24.3 Å². The summed E-state index contributed by atoms with van der Waals surface area (Å²) in [5, 5.41) is 18.4. The lowest BCUT2D eigenvalue weighted by Crippen LogP contribution is -2.08. The van der Waals surface area contributed by atoms with Crippen LogP contribution in [0.3, 0.4) is 0 Å². The number of phenolic OH excluding ortho intramolecular Hbond substituents is 1. The highest BCUT2D eigenvalue weighted by Crippen LogP contribution is 2.28. The first-order valence-electron chi connectivity index (χ1n) is 4.69. The third-order valence-electron chi connectivity index (χ3n) is 1.99. The Morgan fingerprint density at radius 3 is 2.88 bits per heavy atom. The molecule has 0 atom stereocenters. The second-order valence-corrected chi connectivity index (χ2v) is 3.54. The molecule has 0 unspecified atom stereocenters. The minimum atomic E-state index is -0.426. The molecule has 0 bridgehead atoms. The number of rotatable bonds is 3. The number of ether oxygens (including phenoxy) is 1. The Morgan fingerprint density at radius 1 is 1.62 bits per heavy atom. The zero-order valence-corrected chi connectivity index (χ0v) is 9.62. The van der Waals surface area contributed by atoms with E-state index in [0.717, 1.165) is 0 Å². The molecule has 16 heavy (non-hydrogen) atoms. The number of nitrogens with zero attached hydrogens (tertiary/aromatic N) is 1. The molecule has 1 N–H and O–H groups in total. The average Bonchev–Trinajstić information content (AvgIpc) is 2.24. The molecule has 0 fully saturated rings. The molecule has 1 aromatic carbocycles. The van der Waals surface area contributed by atoms with Gasteiger partial charge < -0.3 is 9.84 Å². The SMILES string of the molecule is CCOC(=O)Cc1ccc(S)c(O)c1C#N. The fraction of sp³-hybridized carbons (Fsp3) is 0.273. The van der Waals surface area contributed by atoms with Crippen molar-refractivity contribution >= 4 is 18.6 Å². The van der Waals surface area contributed by atoms with Crippen molar-refractivity contribution in [3.8, 4) is 11.8 Å². The number of nitriles is 1. The maximum Gasteiger partial charge on any atom is 0.310 e. The van der Waals surface area contributed by atoms with E-state index in [0.29, 0.717) is 10.5 Å². The van der Waals surface area contributed by atoms with Crippen molar-refractivity contribution in [3.63, 3.8) is 0 Å². The molecule has 0 aromatic heterocycles. The summed E-state index contributed by atoms with van der Waals surface area (Å²) in [5.41, 5.74) is 0.511. The Bertz CT molecular complexity index is 451. The largest absolute Gasteiger partial charge is 0.505 e. The average molecular weight is 237 g/mol. The van der Waals surface area contributed by atoms with Gasteiger partial charge in [-0.25, -0.2) is 0 Å². The van der Waals surface area contributed by atoms with Crippen LogP contribution in [0.5, 0.6) is 5.75 Å². The Balaban J connectivity index is 3.02. The lowest BCUT2D eigenvalue weighted by atomic mass is 10.0. The van der Waals surface area contributed by atoms with Gasteiger partial charge in [0.2, 0.25) is 0 Å². The van der Waals surface area contributed by atoms with Gasteiger partial charge in [0, 0.05) is 4.90 Å². The van der Waals surface area contributed by atoms with Crippen LogP contribution >= 0.6 is 12.6 Å².